The van der Waals surface area contributed by atoms with E-state index in [1.807, 2.05) is 6.92 Å². The zero-order valence-corrected chi connectivity index (χ0v) is 8.39. The fourth-order valence-electron chi connectivity index (χ4n) is 1.38. The van der Waals surface area contributed by atoms with Crippen LogP contribution in [0.5, 0.6) is 0 Å². The topological polar surface area (TPSA) is 68.9 Å². The van der Waals surface area contributed by atoms with Gasteiger partial charge >= 0.3 is 0 Å². The second-order valence-electron chi connectivity index (χ2n) is 3.30. The first-order valence-electron chi connectivity index (χ1n) is 4.48. The molecule has 2 aromatic rings. The molecule has 1 heterocycles. The third-order valence-electron chi connectivity index (χ3n) is 2.28. The van der Waals surface area contributed by atoms with Crippen molar-refractivity contribution in [2.45, 2.75) is 13.8 Å². The lowest BCUT2D eigenvalue weighted by Gasteiger charge is -2.02. The molecule has 0 aliphatic rings. The lowest BCUT2D eigenvalue weighted by Crippen LogP contribution is -1.97. The molecule has 5 nitrogen and oxygen atoms in total. The number of benzene rings is 1. The molecule has 0 aliphatic carbocycles. The predicted octanol–water partition coefficient (Wildman–Crippen LogP) is 2.15. The smallest absolute Gasteiger partial charge is 0.258 e. The van der Waals surface area contributed by atoms with Gasteiger partial charge in [0.25, 0.3) is 5.69 Å². The van der Waals surface area contributed by atoms with E-state index in [-0.39, 0.29) is 5.69 Å². The summed E-state index contributed by atoms with van der Waals surface area (Å²) in [5.41, 5.74) is 2.43. The van der Waals surface area contributed by atoms with Crippen LogP contribution >= 0.6 is 0 Å². The summed E-state index contributed by atoms with van der Waals surface area (Å²) in [4.78, 5) is 18.8. The number of para-hydroxylation sites is 1. The largest absolute Gasteiger partial charge is 0.297 e. The van der Waals surface area contributed by atoms with Crippen LogP contribution in [0, 0.1) is 24.0 Å². The Hall–Kier alpha value is -2.04. The van der Waals surface area contributed by atoms with Crippen molar-refractivity contribution in [3.05, 3.63) is 39.7 Å². The number of nitrogens with zero attached hydrogens (tertiary/aromatic N) is 3. The Balaban J connectivity index is 2.86. The number of rotatable bonds is 1. The van der Waals surface area contributed by atoms with Gasteiger partial charge in [-0.15, -0.1) is 0 Å². The lowest BCUT2D eigenvalue weighted by molar-refractivity contribution is -0.383. The molecule has 0 spiro atoms. The summed E-state index contributed by atoms with van der Waals surface area (Å²) >= 11 is 0. The molecule has 5 heteroatoms. The molecule has 2 rings (SSSR count). The van der Waals surface area contributed by atoms with Crippen molar-refractivity contribution in [3.63, 3.8) is 0 Å². The highest BCUT2D eigenvalue weighted by atomic mass is 16.6. The molecule has 0 N–H and O–H groups in total. The van der Waals surface area contributed by atoms with Crippen molar-refractivity contribution < 1.29 is 4.92 Å². The van der Waals surface area contributed by atoms with E-state index in [1.54, 1.807) is 19.1 Å². The van der Waals surface area contributed by atoms with Crippen molar-refractivity contribution in [1.29, 1.82) is 0 Å². The highest BCUT2D eigenvalue weighted by molar-refractivity contribution is 5.83. The van der Waals surface area contributed by atoms with Gasteiger partial charge in [0.2, 0.25) is 0 Å². The number of hydrogen-bond acceptors (Lipinski definition) is 4. The molecule has 0 unspecified atom stereocenters. The van der Waals surface area contributed by atoms with Crippen LogP contribution in [0.3, 0.4) is 0 Å². The highest BCUT2D eigenvalue weighted by Crippen LogP contribution is 2.22. The van der Waals surface area contributed by atoms with Crippen molar-refractivity contribution in [1.82, 2.24) is 9.97 Å². The fourth-order valence-corrected chi connectivity index (χ4v) is 1.38. The van der Waals surface area contributed by atoms with Crippen LogP contribution < -0.4 is 0 Å². The maximum absolute atomic E-state index is 10.7. The van der Waals surface area contributed by atoms with Gasteiger partial charge in [0.15, 0.2) is 5.52 Å². The van der Waals surface area contributed by atoms with Gasteiger partial charge in [-0.25, -0.2) is 9.97 Å². The van der Waals surface area contributed by atoms with Crippen LogP contribution in [0.15, 0.2) is 18.2 Å². The minimum atomic E-state index is -0.439. The molecule has 0 radical (unpaired) electrons. The van der Waals surface area contributed by atoms with Gasteiger partial charge in [0.05, 0.1) is 21.8 Å². The normalized spacial score (nSPS) is 10.5. The van der Waals surface area contributed by atoms with Gasteiger partial charge in [-0.05, 0) is 19.9 Å². The highest BCUT2D eigenvalue weighted by Gasteiger charge is 2.14. The Morgan fingerprint density at radius 2 is 1.87 bits per heavy atom. The Labute approximate surface area is 85.9 Å². The zero-order chi connectivity index (χ0) is 11.0. The number of nitro benzene ring substituents is 1. The van der Waals surface area contributed by atoms with Crippen molar-refractivity contribution in [3.8, 4) is 0 Å². The van der Waals surface area contributed by atoms with Crippen molar-refractivity contribution in [2.75, 3.05) is 0 Å². The zero-order valence-electron chi connectivity index (χ0n) is 8.39. The molecular formula is C10H9N3O2. The average molecular weight is 203 g/mol. The quantitative estimate of drug-likeness (QED) is 0.526. The first-order valence-corrected chi connectivity index (χ1v) is 4.48. The maximum atomic E-state index is 10.7. The summed E-state index contributed by atoms with van der Waals surface area (Å²) in [6.07, 6.45) is 0. The van der Waals surface area contributed by atoms with Crippen LogP contribution in [0.4, 0.5) is 5.69 Å². The number of aromatic nitrogens is 2. The molecule has 0 amide bonds. The molecule has 0 aliphatic heterocycles. The van der Waals surface area contributed by atoms with Crippen molar-refractivity contribution >= 4 is 16.7 Å². The third kappa shape index (κ3) is 1.52. The van der Waals surface area contributed by atoms with Gasteiger partial charge in [-0.2, -0.15) is 0 Å². The van der Waals surface area contributed by atoms with Crippen LogP contribution in [0.1, 0.15) is 11.4 Å². The first-order chi connectivity index (χ1) is 7.09. The Morgan fingerprint density at radius 3 is 2.53 bits per heavy atom. The molecule has 0 atom stereocenters. The van der Waals surface area contributed by atoms with Gasteiger partial charge in [-0.1, -0.05) is 6.07 Å². The lowest BCUT2D eigenvalue weighted by atomic mass is 10.2. The van der Waals surface area contributed by atoms with E-state index >= 15 is 0 Å². The molecule has 76 valence electrons. The second-order valence-corrected chi connectivity index (χ2v) is 3.30. The van der Waals surface area contributed by atoms with E-state index in [0.29, 0.717) is 11.0 Å². The Kier molecular flexibility index (Phi) is 2.07. The van der Waals surface area contributed by atoms with Crippen LogP contribution in [-0.2, 0) is 0 Å². The Morgan fingerprint density at radius 1 is 1.20 bits per heavy atom. The summed E-state index contributed by atoms with van der Waals surface area (Å²) in [7, 11) is 0. The Bertz CT molecular complexity index is 552. The summed E-state index contributed by atoms with van der Waals surface area (Å²) in [5, 5.41) is 10.7. The van der Waals surface area contributed by atoms with E-state index in [1.165, 1.54) is 6.07 Å². The number of non-ortho nitro benzene ring substituents is 1. The van der Waals surface area contributed by atoms with Crippen LogP contribution in [0.25, 0.3) is 11.0 Å². The predicted molar refractivity (Wildman–Crippen MR) is 55.7 cm³/mol. The summed E-state index contributed by atoms with van der Waals surface area (Å²) in [6.45, 7) is 3.62. The monoisotopic (exact) mass is 203 g/mol. The number of hydrogen-bond donors (Lipinski definition) is 0. The molecule has 1 aromatic heterocycles. The molecule has 15 heavy (non-hydrogen) atoms. The van der Waals surface area contributed by atoms with Gasteiger partial charge < -0.3 is 0 Å². The molecule has 1 aromatic carbocycles. The van der Waals surface area contributed by atoms with Gasteiger partial charge in [0, 0.05) is 6.07 Å². The molecule has 0 bridgehead atoms. The summed E-state index contributed by atoms with van der Waals surface area (Å²) in [6, 6.07) is 4.78. The minimum Gasteiger partial charge on any atom is -0.258 e. The number of nitro groups is 1. The molecule has 0 fully saturated rings. The summed E-state index contributed by atoms with van der Waals surface area (Å²) in [5.74, 6) is 0. The minimum absolute atomic E-state index is 0.00287. The maximum Gasteiger partial charge on any atom is 0.297 e. The molecular weight excluding hydrogens is 194 g/mol. The fraction of sp³-hybridized carbons (Fsp3) is 0.200. The average Bonchev–Trinajstić information content (AvgIpc) is 2.18. The van der Waals surface area contributed by atoms with Crippen molar-refractivity contribution in [2.24, 2.45) is 0 Å². The van der Waals surface area contributed by atoms with E-state index in [4.69, 9.17) is 0 Å². The van der Waals surface area contributed by atoms with E-state index < -0.39 is 4.92 Å². The van der Waals surface area contributed by atoms with E-state index in [0.717, 1.165) is 11.4 Å². The molecule has 0 saturated carbocycles. The first kappa shape index (κ1) is 9.51. The van der Waals surface area contributed by atoms with E-state index in [2.05, 4.69) is 9.97 Å². The molecule has 0 saturated heterocycles. The van der Waals surface area contributed by atoms with E-state index in [9.17, 15) is 10.1 Å². The summed E-state index contributed by atoms with van der Waals surface area (Å²) < 4.78 is 0. The van der Waals surface area contributed by atoms with Crippen LogP contribution in [-0.4, -0.2) is 14.9 Å². The van der Waals surface area contributed by atoms with Crippen LogP contribution in [0.2, 0.25) is 0 Å². The number of aryl methyl sites for hydroxylation is 2. The van der Waals surface area contributed by atoms with Gasteiger partial charge in [0.1, 0.15) is 0 Å². The number of fused-ring (bicyclic) bond motifs is 1. The third-order valence-corrected chi connectivity index (χ3v) is 2.28. The van der Waals surface area contributed by atoms with Gasteiger partial charge in [-0.3, -0.25) is 10.1 Å². The second kappa shape index (κ2) is 3.27. The standard InChI is InChI=1S/C10H9N3O2/c1-6-7(2)12-10-8(11-6)4-3-5-9(10)13(14)15/h3-5H,1-2H3. The SMILES string of the molecule is Cc1nc2cccc([N+](=O)[O-])c2nc1C.